The van der Waals surface area contributed by atoms with Gasteiger partial charge < -0.3 is 26.8 Å². The van der Waals surface area contributed by atoms with Crippen LogP contribution in [0.15, 0.2) is 60.7 Å². The van der Waals surface area contributed by atoms with Gasteiger partial charge in [-0.3, -0.25) is 14.4 Å². The predicted molar refractivity (Wildman–Crippen MR) is 145 cm³/mol. The summed E-state index contributed by atoms with van der Waals surface area (Å²) in [4.78, 5) is 50.9. The zero-order chi connectivity index (χ0) is 27.4. The Kier molecular flexibility index (Phi) is 12.1. The maximum atomic E-state index is 13.4. The zero-order valence-corrected chi connectivity index (χ0v) is 22.0. The van der Waals surface area contributed by atoms with E-state index in [0.29, 0.717) is 0 Å². The summed E-state index contributed by atoms with van der Waals surface area (Å²) in [6.07, 6.45) is 0.540. The lowest BCUT2D eigenvalue weighted by atomic mass is 10.0. The molecule has 10 heteroatoms. The number of nitrogens with one attached hydrogen (secondary N) is 3. The molecule has 2 aromatic carbocycles. The number of benzene rings is 2. The van der Waals surface area contributed by atoms with Gasteiger partial charge >= 0.3 is 5.97 Å². The molecule has 0 saturated heterocycles. The second-order valence-corrected chi connectivity index (χ2v) is 9.68. The molecule has 4 atom stereocenters. The normalized spacial score (nSPS) is 14.2. The molecule has 0 saturated carbocycles. The summed E-state index contributed by atoms with van der Waals surface area (Å²) in [7, 11) is 0. The second-order valence-electron chi connectivity index (χ2n) is 9.32. The minimum atomic E-state index is -1.15. The Hall–Kier alpha value is -3.37. The highest BCUT2D eigenvalue weighted by atomic mass is 32.1. The van der Waals surface area contributed by atoms with E-state index in [0.717, 1.165) is 11.1 Å². The Morgan fingerprint density at radius 3 is 1.54 bits per heavy atom. The summed E-state index contributed by atoms with van der Waals surface area (Å²) in [6.45, 7) is 3.72. The molecule has 9 nitrogen and oxygen atoms in total. The molecule has 0 radical (unpaired) electrons. The molecule has 37 heavy (non-hydrogen) atoms. The number of carboxylic acid groups (broad SMARTS) is 1. The molecule has 200 valence electrons. The molecule has 0 aromatic heterocycles. The number of carboxylic acids is 1. The molecule has 0 unspecified atom stereocenters. The van der Waals surface area contributed by atoms with Crippen LogP contribution >= 0.6 is 12.6 Å². The second kappa shape index (κ2) is 15.0. The third kappa shape index (κ3) is 10.3. The number of aliphatic carboxylic acids is 1. The van der Waals surface area contributed by atoms with Gasteiger partial charge in [0.25, 0.3) is 0 Å². The highest BCUT2D eigenvalue weighted by Crippen LogP contribution is 2.09. The van der Waals surface area contributed by atoms with Crippen LogP contribution in [-0.4, -0.2) is 58.7 Å². The summed E-state index contributed by atoms with van der Waals surface area (Å²) in [5, 5.41) is 17.5. The van der Waals surface area contributed by atoms with Crippen LogP contribution in [0.1, 0.15) is 31.4 Å². The van der Waals surface area contributed by atoms with E-state index < -0.39 is 47.9 Å². The van der Waals surface area contributed by atoms with Crippen molar-refractivity contribution >= 4 is 36.3 Å². The van der Waals surface area contributed by atoms with Crippen molar-refractivity contribution in [3.05, 3.63) is 71.8 Å². The van der Waals surface area contributed by atoms with E-state index in [2.05, 4.69) is 28.6 Å². The number of carbonyl (C=O) groups excluding carboxylic acids is 3. The molecule has 0 heterocycles. The molecule has 0 bridgehead atoms. The number of carbonyl (C=O) groups is 4. The highest BCUT2D eigenvalue weighted by Gasteiger charge is 2.30. The highest BCUT2D eigenvalue weighted by molar-refractivity contribution is 7.80. The molecule has 0 spiro atoms. The van der Waals surface area contributed by atoms with Gasteiger partial charge in [-0.2, -0.15) is 12.6 Å². The molecule has 0 aliphatic heterocycles. The first-order valence-electron chi connectivity index (χ1n) is 12.2. The average molecular weight is 529 g/mol. The van der Waals surface area contributed by atoms with Crippen LogP contribution in [0.5, 0.6) is 0 Å². The lowest BCUT2D eigenvalue weighted by Crippen LogP contribution is -2.58. The Bertz CT molecular complexity index is 1040. The molecular weight excluding hydrogens is 492 g/mol. The van der Waals surface area contributed by atoms with E-state index in [-0.39, 0.29) is 30.9 Å². The molecule has 0 fully saturated rings. The third-order valence-electron chi connectivity index (χ3n) is 5.69. The molecule has 2 rings (SSSR count). The zero-order valence-electron chi connectivity index (χ0n) is 21.1. The number of hydrogen-bond donors (Lipinski definition) is 6. The number of hydrogen-bond acceptors (Lipinski definition) is 6. The van der Waals surface area contributed by atoms with E-state index in [1.54, 1.807) is 0 Å². The van der Waals surface area contributed by atoms with Crippen molar-refractivity contribution in [2.24, 2.45) is 11.7 Å². The molecule has 0 aliphatic carbocycles. The van der Waals surface area contributed by atoms with Gasteiger partial charge in [0.2, 0.25) is 17.7 Å². The smallest absolute Gasteiger partial charge is 0.326 e. The minimum Gasteiger partial charge on any atom is -0.480 e. The Morgan fingerprint density at radius 1 is 0.757 bits per heavy atom. The molecule has 3 amide bonds. The van der Waals surface area contributed by atoms with E-state index >= 15 is 0 Å². The van der Waals surface area contributed by atoms with Gasteiger partial charge in [-0.25, -0.2) is 4.79 Å². The van der Waals surface area contributed by atoms with Crippen LogP contribution in [0.4, 0.5) is 0 Å². The van der Waals surface area contributed by atoms with Gasteiger partial charge in [0, 0.05) is 18.6 Å². The quantitative estimate of drug-likeness (QED) is 0.204. The standard InChI is InChI=1S/C27H36N4O5S/c1-17(2)13-23(27(35)36)31-26(34)22(15-19-11-7-4-8-12-19)30-25(33)21(29-24(32)20(28)16-37)14-18-9-5-3-6-10-18/h3-12,17,20-23,37H,13-16,28H2,1-2H3,(H,29,32)(H,30,33)(H,31,34)(H,35,36)/t20-,21-,22-,23-/m0/s1. The predicted octanol–water partition coefficient (Wildman–Crippen LogP) is 1.31. The number of thiol groups is 1. The molecule has 0 aliphatic rings. The van der Waals surface area contributed by atoms with Crippen LogP contribution in [-0.2, 0) is 32.0 Å². The summed E-state index contributed by atoms with van der Waals surface area (Å²) in [5.74, 6) is -2.78. The SMILES string of the molecule is CC(C)C[C@H](NC(=O)[C@H](Cc1ccccc1)NC(=O)[C@H](Cc1ccccc1)NC(=O)[C@@H](N)CS)C(=O)O. The largest absolute Gasteiger partial charge is 0.480 e. The monoisotopic (exact) mass is 528 g/mol. The van der Waals surface area contributed by atoms with Crippen molar-refractivity contribution in [3.63, 3.8) is 0 Å². The number of amides is 3. The molecule has 6 N–H and O–H groups in total. The first-order chi connectivity index (χ1) is 17.6. The molecule has 2 aromatic rings. The van der Waals surface area contributed by atoms with Gasteiger partial charge in [-0.1, -0.05) is 74.5 Å². The third-order valence-corrected chi connectivity index (χ3v) is 6.08. The van der Waals surface area contributed by atoms with E-state index in [1.165, 1.54) is 0 Å². The van der Waals surface area contributed by atoms with Gasteiger partial charge in [0.15, 0.2) is 0 Å². The van der Waals surface area contributed by atoms with Crippen LogP contribution in [0.2, 0.25) is 0 Å². The van der Waals surface area contributed by atoms with E-state index in [9.17, 15) is 24.3 Å². The van der Waals surface area contributed by atoms with Crippen molar-refractivity contribution in [1.82, 2.24) is 16.0 Å². The first kappa shape index (κ1) is 29.9. The van der Waals surface area contributed by atoms with Crippen LogP contribution in [0, 0.1) is 5.92 Å². The van der Waals surface area contributed by atoms with Crippen LogP contribution in [0.3, 0.4) is 0 Å². The summed E-state index contributed by atoms with van der Waals surface area (Å²) in [6, 6.07) is 14.1. The lowest BCUT2D eigenvalue weighted by Gasteiger charge is -2.25. The Balaban J connectivity index is 2.29. The van der Waals surface area contributed by atoms with Crippen molar-refractivity contribution in [2.45, 2.75) is 57.3 Å². The molecular formula is C27H36N4O5S. The fraction of sp³-hybridized carbons (Fsp3) is 0.407. The summed E-state index contributed by atoms with van der Waals surface area (Å²) < 4.78 is 0. The number of rotatable bonds is 14. The van der Waals surface area contributed by atoms with Gasteiger partial charge in [0.1, 0.15) is 18.1 Å². The summed E-state index contributed by atoms with van der Waals surface area (Å²) in [5.41, 5.74) is 7.37. The Morgan fingerprint density at radius 2 is 1.16 bits per heavy atom. The average Bonchev–Trinajstić information content (AvgIpc) is 2.87. The maximum Gasteiger partial charge on any atom is 0.326 e. The summed E-state index contributed by atoms with van der Waals surface area (Å²) >= 11 is 4.05. The van der Waals surface area contributed by atoms with Crippen molar-refractivity contribution in [3.8, 4) is 0 Å². The topological polar surface area (TPSA) is 151 Å². The van der Waals surface area contributed by atoms with Crippen LogP contribution < -0.4 is 21.7 Å². The fourth-order valence-corrected chi connectivity index (χ4v) is 3.88. The first-order valence-corrected chi connectivity index (χ1v) is 12.8. The van der Waals surface area contributed by atoms with E-state index in [4.69, 9.17) is 5.73 Å². The van der Waals surface area contributed by atoms with Gasteiger partial charge in [-0.15, -0.1) is 0 Å². The Labute approximate surface area is 223 Å². The number of nitrogens with two attached hydrogens (primary N) is 1. The lowest BCUT2D eigenvalue weighted by molar-refractivity contribution is -0.142. The van der Waals surface area contributed by atoms with Crippen molar-refractivity contribution in [1.29, 1.82) is 0 Å². The maximum absolute atomic E-state index is 13.4. The van der Waals surface area contributed by atoms with Gasteiger partial charge in [-0.05, 0) is 23.5 Å². The van der Waals surface area contributed by atoms with Gasteiger partial charge in [0.05, 0.1) is 6.04 Å². The van der Waals surface area contributed by atoms with Crippen LogP contribution in [0.25, 0.3) is 0 Å². The van der Waals surface area contributed by atoms with Crippen molar-refractivity contribution < 1.29 is 24.3 Å². The fourth-order valence-electron chi connectivity index (χ4n) is 3.72. The van der Waals surface area contributed by atoms with E-state index in [1.807, 2.05) is 74.5 Å². The minimum absolute atomic E-state index is 0.0325. The van der Waals surface area contributed by atoms with Crippen molar-refractivity contribution in [2.75, 3.05) is 5.75 Å².